The number of hydrogen-bond donors (Lipinski definition) is 1. The Morgan fingerprint density at radius 2 is 2.00 bits per heavy atom. The average Bonchev–Trinajstić information content (AvgIpc) is 3.02. The van der Waals surface area contributed by atoms with Gasteiger partial charge in [0.25, 0.3) is 0 Å². The van der Waals surface area contributed by atoms with Gasteiger partial charge in [0.05, 0.1) is 28.8 Å². The number of methoxy groups -OCH3 is 1. The molecule has 130 valence electrons. The van der Waals surface area contributed by atoms with Crippen LogP contribution in [0.15, 0.2) is 47.1 Å². The van der Waals surface area contributed by atoms with Crippen LogP contribution in [-0.4, -0.2) is 23.0 Å². The number of hydrogen-bond acceptors (Lipinski definition) is 6. The Hall–Kier alpha value is -2.83. The van der Waals surface area contributed by atoms with Gasteiger partial charge in [-0.15, -0.1) is 0 Å². The molecule has 2 aromatic carbocycles. The summed E-state index contributed by atoms with van der Waals surface area (Å²) in [4.78, 5) is 20.3. The van der Waals surface area contributed by atoms with Crippen molar-refractivity contribution in [2.24, 2.45) is 0 Å². The fourth-order valence-corrected chi connectivity index (χ4v) is 3.01. The summed E-state index contributed by atoms with van der Waals surface area (Å²) >= 11 is 12.3. The minimum absolute atomic E-state index is 0.387. The van der Waals surface area contributed by atoms with Crippen molar-refractivity contribution in [1.29, 1.82) is 0 Å². The Morgan fingerprint density at radius 3 is 2.81 bits per heavy atom. The topological polar surface area (TPSA) is 77.2 Å². The van der Waals surface area contributed by atoms with Gasteiger partial charge in [0, 0.05) is 10.4 Å². The van der Waals surface area contributed by atoms with E-state index in [1.807, 2.05) is 0 Å². The lowest BCUT2D eigenvalue weighted by molar-refractivity contribution is 0.0601. The number of furan rings is 1. The van der Waals surface area contributed by atoms with Crippen LogP contribution in [0.2, 0.25) is 10.0 Å². The molecule has 0 bridgehead atoms. The third-order valence-corrected chi connectivity index (χ3v) is 4.44. The molecule has 4 rings (SSSR count). The highest BCUT2D eigenvalue weighted by Crippen LogP contribution is 2.35. The van der Waals surface area contributed by atoms with Crippen LogP contribution in [0, 0.1) is 0 Å². The van der Waals surface area contributed by atoms with E-state index in [0.717, 1.165) is 0 Å². The second-order valence-electron chi connectivity index (χ2n) is 5.46. The van der Waals surface area contributed by atoms with E-state index in [1.54, 1.807) is 36.4 Å². The molecule has 8 heteroatoms. The smallest absolute Gasteiger partial charge is 0.337 e. The molecular weight excluding hydrogens is 377 g/mol. The summed E-state index contributed by atoms with van der Waals surface area (Å²) in [6, 6.07) is 10.1. The van der Waals surface area contributed by atoms with Crippen molar-refractivity contribution in [2.75, 3.05) is 12.4 Å². The van der Waals surface area contributed by atoms with Crippen molar-refractivity contribution >= 4 is 62.7 Å². The maximum absolute atomic E-state index is 11.8. The van der Waals surface area contributed by atoms with Crippen molar-refractivity contribution in [3.63, 3.8) is 0 Å². The first-order valence-electron chi connectivity index (χ1n) is 7.54. The number of anilines is 2. The highest BCUT2D eigenvalue weighted by molar-refractivity contribution is 6.35. The first kappa shape index (κ1) is 16.6. The number of esters is 1. The van der Waals surface area contributed by atoms with E-state index in [2.05, 4.69) is 15.3 Å². The van der Waals surface area contributed by atoms with E-state index >= 15 is 0 Å². The molecule has 0 saturated carbocycles. The summed E-state index contributed by atoms with van der Waals surface area (Å²) in [5, 5.41) is 5.49. The second-order valence-corrected chi connectivity index (χ2v) is 6.30. The van der Waals surface area contributed by atoms with Gasteiger partial charge in [0.15, 0.2) is 0 Å². The lowest BCUT2D eigenvalue weighted by atomic mass is 10.1. The van der Waals surface area contributed by atoms with Crippen molar-refractivity contribution in [3.05, 3.63) is 58.3 Å². The van der Waals surface area contributed by atoms with E-state index < -0.39 is 5.97 Å². The first-order chi connectivity index (χ1) is 12.6. The van der Waals surface area contributed by atoms with Crippen LogP contribution in [0.25, 0.3) is 22.1 Å². The number of ether oxygens (including phenoxy) is 1. The Bertz CT molecular complexity index is 1160. The zero-order chi connectivity index (χ0) is 18.3. The lowest BCUT2D eigenvalue weighted by Gasteiger charge is -2.08. The van der Waals surface area contributed by atoms with Crippen LogP contribution in [0.4, 0.5) is 11.5 Å². The summed E-state index contributed by atoms with van der Waals surface area (Å²) in [6.45, 7) is 0. The lowest BCUT2D eigenvalue weighted by Crippen LogP contribution is -2.00. The Labute approximate surface area is 157 Å². The Balaban J connectivity index is 1.91. The fourth-order valence-electron chi connectivity index (χ4n) is 2.67. The molecule has 0 radical (unpaired) electrons. The van der Waals surface area contributed by atoms with E-state index in [4.69, 9.17) is 32.4 Å². The second kappa shape index (κ2) is 6.48. The van der Waals surface area contributed by atoms with Gasteiger partial charge in [0.1, 0.15) is 17.7 Å². The third-order valence-electron chi connectivity index (χ3n) is 3.87. The maximum Gasteiger partial charge on any atom is 0.337 e. The number of fused-ring (bicyclic) bond motifs is 3. The molecule has 1 N–H and O–H groups in total. The number of nitrogens with zero attached hydrogens (tertiary/aromatic N) is 2. The molecule has 0 amide bonds. The van der Waals surface area contributed by atoms with Crippen molar-refractivity contribution in [1.82, 2.24) is 9.97 Å². The van der Waals surface area contributed by atoms with Crippen LogP contribution >= 0.6 is 23.2 Å². The van der Waals surface area contributed by atoms with E-state index in [-0.39, 0.29) is 0 Å². The molecule has 0 aliphatic heterocycles. The molecule has 26 heavy (non-hydrogen) atoms. The monoisotopic (exact) mass is 387 g/mol. The van der Waals surface area contributed by atoms with Crippen LogP contribution in [0.1, 0.15) is 10.4 Å². The van der Waals surface area contributed by atoms with Crippen LogP contribution in [-0.2, 0) is 4.74 Å². The molecule has 0 fully saturated rings. The Kier molecular flexibility index (Phi) is 4.14. The normalized spacial score (nSPS) is 11.0. The number of aromatic nitrogens is 2. The summed E-state index contributed by atoms with van der Waals surface area (Å²) in [5.41, 5.74) is 1.96. The summed E-state index contributed by atoms with van der Waals surface area (Å²) < 4.78 is 10.5. The largest absolute Gasteiger partial charge is 0.465 e. The number of carbonyl (C=O) groups excluding carboxylic acids is 1. The van der Waals surface area contributed by atoms with Crippen LogP contribution in [0.3, 0.4) is 0 Å². The van der Waals surface area contributed by atoms with Crippen LogP contribution in [0.5, 0.6) is 0 Å². The Morgan fingerprint density at radius 1 is 1.15 bits per heavy atom. The number of halogens is 2. The summed E-state index contributed by atoms with van der Waals surface area (Å²) in [7, 11) is 1.33. The average molecular weight is 388 g/mol. The number of benzene rings is 2. The van der Waals surface area contributed by atoms with Crippen molar-refractivity contribution in [3.8, 4) is 0 Å². The highest BCUT2D eigenvalue weighted by Gasteiger charge is 2.17. The molecule has 0 aliphatic carbocycles. The summed E-state index contributed by atoms with van der Waals surface area (Å²) in [5.74, 6) is 0.0467. The van der Waals surface area contributed by atoms with E-state index in [9.17, 15) is 4.79 Å². The highest BCUT2D eigenvalue weighted by atomic mass is 35.5. The van der Waals surface area contributed by atoms with Crippen molar-refractivity contribution in [2.45, 2.75) is 0 Å². The third kappa shape index (κ3) is 2.83. The molecule has 2 aromatic heterocycles. The van der Waals surface area contributed by atoms with Gasteiger partial charge in [-0.1, -0.05) is 23.2 Å². The van der Waals surface area contributed by atoms with Gasteiger partial charge >= 0.3 is 5.97 Å². The summed E-state index contributed by atoms with van der Waals surface area (Å²) in [6.07, 6.45) is 1.38. The SMILES string of the molecule is COC(=O)c1ccc2oc3ncnc(Nc4cc(Cl)ccc4Cl)c3c2c1. The molecule has 0 aliphatic rings. The minimum Gasteiger partial charge on any atom is -0.465 e. The predicted octanol–water partition coefficient (Wildman–Crippen LogP) is 5.21. The quantitative estimate of drug-likeness (QED) is 0.486. The molecule has 0 atom stereocenters. The van der Waals surface area contributed by atoms with Crippen molar-refractivity contribution < 1.29 is 13.9 Å². The molecule has 0 spiro atoms. The molecule has 0 saturated heterocycles. The van der Waals surface area contributed by atoms with E-state index in [1.165, 1.54) is 13.4 Å². The zero-order valence-corrected chi connectivity index (χ0v) is 14.9. The molecular formula is C18H11Cl2N3O3. The molecule has 6 nitrogen and oxygen atoms in total. The minimum atomic E-state index is -0.439. The van der Waals surface area contributed by atoms with Gasteiger partial charge in [0.2, 0.25) is 5.71 Å². The molecule has 2 heterocycles. The molecule has 4 aromatic rings. The van der Waals surface area contributed by atoms with Gasteiger partial charge in [-0.3, -0.25) is 0 Å². The maximum atomic E-state index is 11.8. The molecule has 0 unspecified atom stereocenters. The van der Waals surface area contributed by atoms with Gasteiger partial charge in [-0.05, 0) is 36.4 Å². The predicted molar refractivity (Wildman–Crippen MR) is 100 cm³/mol. The van der Waals surface area contributed by atoms with Gasteiger partial charge in [-0.25, -0.2) is 14.8 Å². The van der Waals surface area contributed by atoms with E-state index in [0.29, 0.717) is 49.2 Å². The number of carbonyl (C=O) groups is 1. The van der Waals surface area contributed by atoms with Crippen LogP contribution < -0.4 is 5.32 Å². The zero-order valence-electron chi connectivity index (χ0n) is 13.4. The number of rotatable bonds is 3. The first-order valence-corrected chi connectivity index (χ1v) is 8.30. The number of nitrogens with one attached hydrogen (secondary N) is 1. The standard InChI is InChI=1S/C18H11Cl2N3O3/c1-25-18(24)9-2-5-14-11(6-9)15-16(21-8-22-17(15)26-14)23-13-7-10(19)3-4-12(13)20/h2-8H,1H3,(H,21,22,23). The fraction of sp³-hybridized carbons (Fsp3) is 0.0556. The van der Waals surface area contributed by atoms with Gasteiger partial charge < -0.3 is 14.5 Å². The van der Waals surface area contributed by atoms with Gasteiger partial charge in [-0.2, -0.15) is 0 Å².